The maximum atomic E-state index is 11.6. The maximum Gasteiger partial charge on any atom is 0.407 e. The minimum atomic E-state index is -0.471. The molecule has 0 atom stereocenters. The van der Waals surface area contributed by atoms with Crippen molar-refractivity contribution < 1.29 is 9.53 Å². The van der Waals surface area contributed by atoms with Crippen LogP contribution in [0, 0.1) is 0 Å². The van der Waals surface area contributed by atoms with Crippen molar-refractivity contribution in [2.45, 2.75) is 32.8 Å². The molecule has 0 bridgehead atoms. The Kier molecular flexibility index (Phi) is 5.43. The molecule has 1 aromatic heterocycles. The van der Waals surface area contributed by atoms with Crippen molar-refractivity contribution in [1.29, 1.82) is 0 Å². The zero-order valence-corrected chi connectivity index (χ0v) is 14.2. The summed E-state index contributed by atoms with van der Waals surface area (Å²) in [7, 11) is 1.98. The van der Waals surface area contributed by atoms with Crippen LogP contribution in [0.1, 0.15) is 26.3 Å². The molecule has 1 N–H and O–H groups in total. The molecule has 0 saturated heterocycles. The molecule has 0 spiro atoms. The van der Waals surface area contributed by atoms with Crippen LogP contribution in [0.15, 0.2) is 42.5 Å². The van der Waals surface area contributed by atoms with E-state index < -0.39 is 5.60 Å². The lowest BCUT2D eigenvalue weighted by Gasteiger charge is -2.19. The van der Waals surface area contributed by atoms with Crippen LogP contribution in [0.4, 0.5) is 4.79 Å². The molecule has 2 aromatic rings. The van der Waals surface area contributed by atoms with Gasteiger partial charge in [0.1, 0.15) is 5.60 Å². The molecule has 2 rings (SSSR count). The minimum Gasteiger partial charge on any atom is -0.444 e. The van der Waals surface area contributed by atoms with Crippen molar-refractivity contribution in [3.05, 3.63) is 48.0 Å². The van der Waals surface area contributed by atoms with Gasteiger partial charge in [0.15, 0.2) is 7.85 Å². The highest BCUT2D eigenvalue weighted by Crippen LogP contribution is 2.17. The predicted octanol–water partition coefficient (Wildman–Crippen LogP) is 2.07. The molecule has 1 aromatic carbocycles. The third-order valence-corrected chi connectivity index (χ3v) is 3.19. The van der Waals surface area contributed by atoms with E-state index in [1.54, 1.807) is 0 Å². The largest absolute Gasteiger partial charge is 0.444 e. The lowest BCUT2D eigenvalue weighted by atomic mass is 10.0. The zero-order chi connectivity index (χ0) is 16.9. The molecule has 4 nitrogen and oxygen atoms in total. The number of benzene rings is 1. The molecule has 0 aliphatic carbocycles. The average Bonchev–Trinajstić information content (AvgIpc) is 2.46. The van der Waals surface area contributed by atoms with Crippen LogP contribution in [0.25, 0.3) is 11.3 Å². The summed E-state index contributed by atoms with van der Waals surface area (Å²) in [6.07, 6.45) is 0.368. The number of hydrogen-bond donors (Lipinski definition) is 1. The maximum absolute atomic E-state index is 11.6. The number of amides is 1. The molecule has 1 amide bonds. The van der Waals surface area contributed by atoms with Crippen LogP contribution in [0.3, 0.4) is 0 Å². The predicted molar refractivity (Wildman–Crippen MR) is 95.8 cm³/mol. The van der Waals surface area contributed by atoms with E-state index in [1.165, 1.54) is 0 Å². The Hall–Kier alpha value is -2.30. The fourth-order valence-corrected chi connectivity index (χ4v) is 2.21. The first kappa shape index (κ1) is 17.1. The Morgan fingerprint density at radius 2 is 1.96 bits per heavy atom. The number of carbonyl (C=O) groups is 1. The second-order valence-corrected chi connectivity index (χ2v) is 6.54. The molecule has 5 heteroatoms. The molecule has 0 aliphatic heterocycles. The van der Waals surface area contributed by atoms with Crippen LogP contribution in [0.2, 0.25) is 0 Å². The molecule has 0 aliphatic rings. The van der Waals surface area contributed by atoms with E-state index in [0.717, 1.165) is 28.8 Å². The Morgan fingerprint density at radius 3 is 2.65 bits per heavy atom. The van der Waals surface area contributed by atoms with Crippen LogP contribution in [0.5, 0.6) is 0 Å². The highest BCUT2D eigenvalue weighted by Gasteiger charge is 2.15. The van der Waals surface area contributed by atoms with Gasteiger partial charge in [-0.1, -0.05) is 30.3 Å². The van der Waals surface area contributed by atoms with Gasteiger partial charge < -0.3 is 10.1 Å². The number of hydrogen-bond acceptors (Lipinski definition) is 3. The lowest BCUT2D eigenvalue weighted by molar-refractivity contribution is 0.0528. The van der Waals surface area contributed by atoms with Gasteiger partial charge in [0.2, 0.25) is 0 Å². The second-order valence-electron chi connectivity index (χ2n) is 6.54. The van der Waals surface area contributed by atoms with Gasteiger partial charge in [0, 0.05) is 12.1 Å². The Balaban J connectivity index is 1.94. The summed E-state index contributed by atoms with van der Waals surface area (Å²) < 4.78 is 5.22. The van der Waals surface area contributed by atoms with Crippen LogP contribution < -0.4 is 10.9 Å². The Labute approximate surface area is 138 Å². The summed E-state index contributed by atoms with van der Waals surface area (Å²) >= 11 is 0. The van der Waals surface area contributed by atoms with E-state index in [4.69, 9.17) is 4.74 Å². The highest BCUT2D eigenvalue weighted by atomic mass is 16.6. The van der Waals surface area contributed by atoms with Gasteiger partial charge >= 0.3 is 6.09 Å². The summed E-state index contributed by atoms with van der Waals surface area (Å²) in [6.45, 7) is 6.10. The third kappa shape index (κ3) is 5.77. The minimum absolute atomic E-state index is 0.381. The van der Waals surface area contributed by atoms with Gasteiger partial charge in [-0.15, -0.1) is 0 Å². The highest BCUT2D eigenvalue weighted by molar-refractivity contribution is 6.30. The third-order valence-electron chi connectivity index (χ3n) is 3.19. The van der Waals surface area contributed by atoms with Gasteiger partial charge in [-0.25, -0.2) is 4.79 Å². The summed E-state index contributed by atoms with van der Waals surface area (Å²) in [6, 6.07) is 14.2. The fourth-order valence-electron chi connectivity index (χ4n) is 2.21. The number of nitrogens with zero attached hydrogens (tertiary/aromatic N) is 1. The molecule has 23 heavy (non-hydrogen) atoms. The lowest BCUT2D eigenvalue weighted by Crippen LogP contribution is -2.33. The number of carbonyl (C=O) groups excluding carboxylic acids is 1. The van der Waals surface area contributed by atoms with Crippen molar-refractivity contribution in [2.24, 2.45) is 0 Å². The van der Waals surface area contributed by atoms with Crippen LogP contribution >= 0.6 is 0 Å². The Bertz CT molecular complexity index is 681. The summed E-state index contributed by atoms with van der Waals surface area (Å²) in [5.41, 5.74) is 3.73. The quantitative estimate of drug-likeness (QED) is 0.880. The summed E-state index contributed by atoms with van der Waals surface area (Å²) in [5, 5.41) is 2.78. The number of nitrogens with one attached hydrogen (secondary N) is 1. The van der Waals surface area contributed by atoms with E-state index in [9.17, 15) is 4.79 Å². The molecular weight excluding hydrogens is 287 g/mol. The SMILES string of the molecule is Bc1cccc(-c2cccc(CCNC(=O)OC(C)(C)C)c2)n1. The summed E-state index contributed by atoms with van der Waals surface area (Å²) in [4.78, 5) is 16.2. The van der Waals surface area contributed by atoms with Gasteiger partial charge in [-0.3, -0.25) is 4.98 Å². The van der Waals surface area contributed by atoms with Crippen LogP contribution in [-0.2, 0) is 11.2 Å². The molecule has 0 unspecified atom stereocenters. The normalized spacial score (nSPS) is 11.1. The Morgan fingerprint density at radius 1 is 1.22 bits per heavy atom. The van der Waals surface area contributed by atoms with Crippen molar-refractivity contribution in [3.63, 3.8) is 0 Å². The van der Waals surface area contributed by atoms with Crippen molar-refractivity contribution in [2.75, 3.05) is 6.54 Å². The van der Waals surface area contributed by atoms with Crippen molar-refractivity contribution in [3.8, 4) is 11.3 Å². The summed E-state index contributed by atoms with van der Waals surface area (Å²) in [5.74, 6) is 0. The monoisotopic (exact) mass is 310 g/mol. The van der Waals surface area contributed by atoms with Crippen molar-refractivity contribution in [1.82, 2.24) is 10.3 Å². The van der Waals surface area contributed by atoms with Gasteiger partial charge in [0.05, 0.1) is 5.69 Å². The molecule has 120 valence electrons. The zero-order valence-electron chi connectivity index (χ0n) is 14.2. The van der Waals surface area contributed by atoms with E-state index in [2.05, 4.69) is 22.4 Å². The van der Waals surface area contributed by atoms with E-state index >= 15 is 0 Å². The topological polar surface area (TPSA) is 51.2 Å². The molecule has 1 heterocycles. The van der Waals surface area contributed by atoms with Crippen LogP contribution in [-0.4, -0.2) is 31.1 Å². The molecular formula is C18H23BN2O2. The van der Waals surface area contributed by atoms with E-state index in [1.807, 2.05) is 58.9 Å². The molecule has 0 saturated carbocycles. The van der Waals surface area contributed by atoms with E-state index in [-0.39, 0.29) is 6.09 Å². The van der Waals surface area contributed by atoms with Gasteiger partial charge in [-0.05, 0) is 50.5 Å². The number of rotatable bonds is 4. The van der Waals surface area contributed by atoms with Gasteiger partial charge in [0.25, 0.3) is 0 Å². The van der Waals surface area contributed by atoms with Crippen molar-refractivity contribution >= 4 is 19.5 Å². The number of aromatic nitrogens is 1. The first-order valence-electron chi connectivity index (χ1n) is 7.83. The molecule has 0 radical (unpaired) electrons. The average molecular weight is 310 g/mol. The smallest absolute Gasteiger partial charge is 0.407 e. The number of pyridine rings is 1. The van der Waals surface area contributed by atoms with E-state index in [0.29, 0.717) is 6.54 Å². The number of ether oxygens (including phenoxy) is 1. The number of alkyl carbamates (subject to hydrolysis) is 1. The first-order chi connectivity index (χ1) is 10.8. The first-order valence-corrected chi connectivity index (χ1v) is 7.83. The van der Waals surface area contributed by atoms with Gasteiger partial charge in [-0.2, -0.15) is 0 Å². The standard InChI is InChI=1S/C18H23BN2O2/c1-18(2,3)23-17(22)20-11-10-13-6-4-7-14(12-13)15-8-5-9-16(19)21-15/h4-9,12H,10-11,19H2,1-3H3,(H,20,22). The second kappa shape index (κ2) is 7.31. The molecule has 0 fully saturated rings. The fraction of sp³-hybridized carbons (Fsp3) is 0.333.